The summed E-state index contributed by atoms with van der Waals surface area (Å²) in [5, 5.41) is 0. The molecule has 0 radical (unpaired) electrons. The highest BCUT2D eigenvalue weighted by molar-refractivity contribution is 9.10. The van der Waals surface area contributed by atoms with E-state index in [0.29, 0.717) is 22.8 Å². The van der Waals surface area contributed by atoms with Gasteiger partial charge in [-0.2, -0.15) is 0 Å². The molecule has 0 saturated heterocycles. The molecule has 0 fully saturated rings. The Hall–Kier alpha value is -2.08. The van der Waals surface area contributed by atoms with Crippen LogP contribution in [0.1, 0.15) is 0 Å². The number of anilines is 1. The van der Waals surface area contributed by atoms with Gasteiger partial charge < -0.3 is 15.0 Å². The van der Waals surface area contributed by atoms with Gasteiger partial charge in [-0.05, 0) is 34.1 Å². The second-order valence-corrected chi connectivity index (χ2v) is 4.95. The van der Waals surface area contributed by atoms with E-state index in [-0.39, 0.29) is 0 Å². The van der Waals surface area contributed by atoms with Crippen LogP contribution in [-0.4, -0.2) is 14.5 Å². The summed E-state index contributed by atoms with van der Waals surface area (Å²) in [6.45, 7) is 0. The standard InChI is InChI=1S/C13H11BrN4O/c1-18-7-17-11-10(18)5-6-16-13(11)19-12-8(14)3-2-4-9(12)15/h2-7H,15H2,1H3. The Morgan fingerprint density at radius 3 is 2.89 bits per heavy atom. The van der Waals surface area contributed by atoms with Crippen molar-refractivity contribution in [1.82, 2.24) is 14.5 Å². The van der Waals surface area contributed by atoms with Crippen LogP contribution in [0.5, 0.6) is 11.6 Å². The molecule has 0 aliphatic carbocycles. The number of nitrogen functional groups attached to an aromatic ring is 1. The van der Waals surface area contributed by atoms with Crippen molar-refractivity contribution in [2.75, 3.05) is 5.73 Å². The highest BCUT2D eigenvalue weighted by atomic mass is 79.9. The molecular formula is C13H11BrN4O. The molecule has 5 nitrogen and oxygen atoms in total. The fourth-order valence-electron chi connectivity index (χ4n) is 1.84. The van der Waals surface area contributed by atoms with E-state index in [0.717, 1.165) is 9.99 Å². The second kappa shape index (κ2) is 4.55. The van der Waals surface area contributed by atoms with E-state index in [1.54, 1.807) is 18.6 Å². The van der Waals surface area contributed by atoms with Gasteiger partial charge >= 0.3 is 0 Å². The van der Waals surface area contributed by atoms with Gasteiger partial charge in [0.15, 0.2) is 11.3 Å². The van der Waals surface area contributed by atoms with Crippen LogP contribution in [0.4, 0.5) is 5.69 Å². The van der Waals surface area contributed by atoms with Crippen LogP contribution in [0.3, 0.4) is 0 Å². The fourth-order valence-corrected chi connectivity index (χ4v) is 2.30. The Bertz CT molecular complexity index is 733. The van der Waals surface area contributed by atoms with Gasteiger partial charge in [0, 0.05) is 13.2 Å². The molecule has 96 valence electrons. The topological polar surface area (TPSA) is 66.0 Å². The van der Waals surface area contributed by atoms with E-state index >= 15 is 0 Å². The van der Waals surface area contributed by atoms with E-state index < -0.39 is 0 Å². The first kappa shape index (κ1) is 12.0. The average Bonchev–Trinajstić information content (AvgIpc) is 2.77. The lowest BCUT2D eigenvalue weighted by molar-refractivity contribution is 0.467. The van der Waals surface area contributed by atoms with Crippen molar-refractivity contribution >= 4 is 32.7 Å². The van der Waals surface area contributed by atoms with Gasteiger partial charge in [0.05, 0.1) is 22.0 Å². The first-order valence-electron chi connectivity index (χ1n) is 5.64. The zero-order valence-electron chi connectivity index (χ0n) is 10.2. The molecule has 0 unspecified atom stereocenters. The quantitative estimate of drug-likeness (QED) is 0.737. The molecule has 19 heavy (non-hydrogen) atoms. The molecule has 0 spiro atoms. The largest absolute Gasteiger partial charge is 0.434 e. The number of aromatic nitrogens is 3. The zero-order valence-corrected chi connectivity index (χ0v) is 11.8. The maximum atomic E-state index is 5.91. The summed E-state index contributed by atoms with van der Waals surface area (Å²) < 4.78 is 8.50. The third kappa shape index (κ3) is 2.04. The number of ether oxygens (including phenoxy) is 1. The lowest BCUT2D eigenvalue weighted by atomic mass is 10.3. The number of rotatable bonds is 2. The predicted octanol–water partition coefficient (Wildman–Crippen LogP) is 3.11. The number of nitrogens with zero attached hydrogens (tertiary/aromatic N) is 3. The summed E-state index contributed by atoms with van der Waals surface area (Å²) in [7, 11) is 1.92. The molecule has 6 heteroatoms. The molecule has 2 aromatic heterocycles. The van der Waals surface area contributed by atoms with Crippen LogP contribution in [0, 0.1) is 0 Å². The minimum atomic E-state index is 0.441. The fraction of sp³-hybridized carbons (Fsp3) is 0.0769. The second-order valence-electron chi connectivity index (χ2n) is 4.10. The van der Waals surface area contributed by atoms with Crippen LogP contribution in [0.15, 0.2) is 41.3 Å². The van der Waals surface area contributed by atoms with E-state index in [4.69, 9.17) is 10.5 Å². The predicted molar refractivity (Wildman–Crippen MR) is 77.1 cm³/mol. The van der Waals surface area contributed by atoms with Gasteiger partial charge in [0.1, 0.15) is 0 Å². The molecule has 0 atom stereocenters. The van der Waals surface area contributed by atoms with E-state index in [1.165, 1.54) is 0 Å². The molecule has 0 saturated carbocycles. The van der Waals surface area contributed by atoms with Crippen LogP contribution < -0.4 is 10.5 Å². The van der Waals surface area contributed by atoms with E-state index in [9.17, 15) is 0 Å². The first-order valence-corrected chi connectivity index (χ1v) is 6.44. The summed E-state index contributed by atoms with van der Waals surface area (Å²) in [6, 6.07) is 7.38. The minimum Gasteiger partial charge on any atom is -0.434 e. The summed E-state index contributed by atoms with van der Waals surface area (Å²) >= 11 is 3.42. The number of benzene rings is 1. The SMILES string of the molecule is Cn1cnc2c(Oc3c(N)cccc3Br)nccc21. The number of nitrogens with two attached hydrogens (primary N) is 1. The van der Waals surface area contributed by atoms with E-state index in [2.05, 4.69) is 25.9 Å². The van der Waals surface area contributed by atoms with E-state index in [1.807, 2.05) is 29.8 Å². The molecule has 1 aromatic carbocycles. The van der Waals surface area contributed by atoms with Crippen molar-refractivity contribution in [2.24, 2.45) is 7.05 Å². The number of imidazole rings is 1. The molecule has 0 aliphatic rings. The lowest BCUT2D eigenvalue weighted by Crippen LogP contribution is -1.95. The van der Waals surface area contributed by atoms with Gasteiger partial charge in [-0.1, -0.05) is 6.07 Å². The lowest BCUT2D eigenvalue weighted by Gasteiger charge is -2.09. The molecular weight excluding hydrogens is 308 g/mol. The van der Waals surface area contributed by atoms with Crippen molar-refractivity contribution in [1.29, 1.82) is 0 Å². The number of fused-ring (bicyclic) bond motifs is 1. The normalized spacial score (nSPS) is 10.8. The van der Waals surface area contributed by atoms with Crippen molar-refractivity contribution < 1.29 is 4.74 Å². The van der Waals surface area contributed by atoms with Crippen molar-refractivity contribution in [3.05, 3.63) is 41.3 Å². The Labute approximate surface area is 118 Å². The van der Waals surface area contributed by atoms with Crippen LogP contribution >= 0.6 is 15.9 Å². The number of halogens is 1. The number of aryl methyl sites for hydroxylation is 1. The Morgan fingerprint density at radius 2 is 2.11 bits per heavy atom. The summed E-state index contributed by atoms with van der Waals surface area (Å²) in [6.07, 6.45) is 3.41. The maximum Gasteiger partial charge on any atom is 0.247 e. The summed E-state index contributed by atoms with van der Waals surface area (Å²) in [4.78, 5) is 8.52. The average molecular weight is 319 g/mol. The molecule has 0 aliphatic heterocycles. The first-order chi connectivity index (χ1) is 9.16. The van der Waals surface area contributed by atoms with Crippen LogP contribution in [0.2, 0.25) is 0 Å². The van der Waals surface area contributed by atoms with Crippen molar-refractivity contribution in [3.63, 3.8) is 0 Å². The number of para-hydroxylation sites is 1. The molecule has 2 N–H and O–H groups in total. The summed E-state index contributed by atoms with van der Waals surface area (Å²) in [5.74, 6) is 0.991. The molecule has 3 rings (SSSR count). The van der Waals surface area contributed by atoms with Crippen molar-refractivity contribution in [3.8, 4) is 11.6 Å². The van der Waals surface area contributed by atoms with Gasteiger partial charge in [-0.25, -0.2) is 9.97 Å². The number of pyridine rings is 1. The zero-order chi connectivity index (χ0) is 13.4. The monoisotopic (exact) mass is 318 g/mol. The Morgan fingerprint density at radius 1 is 1.26 bits per heavy atom. The molecule has 0 bridgehead atoms. The summed E-state index contributed by atoms with van der Waals surface area (Å²) in [5.41, 5.74) is 8.12. The van der Waals surface area contributed by atoms with Gasteiger partial charge in [-0.3, -0.25) is 0 Å². The van der Waals surface area contributed by atoms with Gasteiger partial charge in [-0.15, -0.1) is 0 Å². The maximum absolute atomic E-state index is 5.91. The van der Waals surface area contributed by atoms with Crippen LogP contribution in [0.25, 0.3) is 11.0 Å². The molecule has 3 aromatic rings. The minimum absolute atomic E-state index is 0.441. The molecule has 0 amide bonds. The van der Waals surface area contributed by atoms with Gasteiger partial charge in [0.2, 0.25) is 5.88 Å². The highest BCUT2D eigenvalue weighted by Gasteiger charge is 2.12. The Balaban J connectivity index is 2.11. The molecule has 2 heterocycles. The van der Waals surface area contributed by atoms with Crippen molar-refractivity contribution in [2.45, 2.75) is 0 Å². The highest BCUT2D eigenvalue weighted by Crippen LogP contribution is 2.35. The Kier molecular flexibility index (Phi) is 2.87. The number of hydrogen-bond acceptors (Lipinski definition) is 4. The third-order valence-corrected chi connectivity index (χ3v) is 3.43. The van der Waals surface area contributed by atoms with Crippen LogP contribution in [-0.2, 0) is 7.05 Å². The third-order valence-electron chi connectivity index (χ3n) is 2.81. The number of hydrogen-bond donors (Lipinski definition) is 1. The smallest absolute Gasteiger partial charge is 0.247 e. The van der Waals surface area contributed by atoms with Gasteiger partial charge in [0.25, 0.3) is 0 Å².